The third-order valence-corrected chi connectivity index (χ3v) is 6.79. The molecule has 0 aliphatic carbocycles. The third-order valence-electron chi connectivity index (χ3n) is 6.79. The van der Waals surface area contributed by atoms with Gasteiger partial charge in [0.05, 0.1) is 0 Å². The Balaban J connectivity index is 1.48. The minimum Gasteiger partial charge on any atom is -0.457 e. The molecule has 0 radical (unpaired) electrons. The maximum Gasteiger partial charge on any atom is 0.267 e. The van der Waals surface area contributed by atoms with Crippen molar-refractivity contribution in [3.05, 3.63) is 95.3 Å². The highest BCUT2D eigenvalue weighted by Crippen LogP contribution is 2.37. The number of anilines is 1. The number of hydrogen-bond donors (Lipinski definition) is 0. The van der Waals surface area contributed by atoms with Crippen LogP contribution in [0.1, 0.15) is 13.8 Å². The lowest BCUT2D eigenvalue weighted by molar-refractivity contribution is 0.209. The molecule has 1 aliphatic rings. The molecule has 0 amide bonds. The lowest BCUT2D eigenvalue weighted by Gasteiger charge is -2.38. The Kier molecular flexibility index (Phi) is 6.87. The minimum atomic E-state index is -0.149. The van der Waals surface area contributed by atoms with Gasteiger partial charge >= 0.3 is 0 Å². The molecule has 36 heavy (non-hydrogen) atoms. The fraction of sp³-hybridized carbons (Fsp3) is 0.267. The summed E-state index contributed by atoms with van der Waals surface area (Å²) in [5.41, 5.74) is 4.34. The monoisotopic (exact) mass is 480 g/mol. The number of piperazine rings is 1. The second-order valence-electron chi connectivity index (χ2n) is 9.44. The van der Waals surface area contributed by atoms with Gasteiger partial charge in [-0.1, -0.05) is 42.5 Å². The van der Waals surface area contributed by atoms with Crippen molar-refractivity contribution in [2.75, 3.05) is 31.1 Å². The van der Waals surface area contributed by atoms with Gasteiger partial charge in [0, 0.05) is 62.1 Å². The van der Waals surface area contributed by atoms with Crippen LogP contribution >= 0.6 is 0 Å². The molecule has 0 bridgehead atoms. The second-order valence-corrected chi connectivity index (χ2v) is 9.44. The van der Waals surface area contributed by atoms with Crippen molar-refractivity contribution in [3.63, 3.8) is 0 Å². The zero-order valence-corrected chi connectivity index (χ0v) is 21.1. The molecule has 4 aromatic rings. The van der Waals surface area contributed by atoms with Gasteiger partial charge in [0.1, 0.15) is 17.2 Å². The Hall–Kier alpha value is -3.90. The van der Waals surface area contributed by atoms with Crippen LogP contribution in [-0.4, -0.2) is 46.9 Å². The molecule has 5 rings (SSSR count). The van der Waals surface area contributed by atoms with Gasteiger partial charge in [0.2, 0.25) is 0 Å². The van der Waals surface area contributed by atoms with Gasteiger partial charge in [0.25, 0.3) is 5.56 Å². The zero-order chi connectivity index (χ0) is 25.1. The summed E-state index contributed by atoms with van der Waals surface area (Å²) in [4.78, 5) is 17.6. The maximum atomic E-state index is 12.6. The van der Waals surface area contributed by atoms with Crippen molar-refractivity contribution in [1.29, 1.82) is 0 Å². The largest absolute Gasteiger partial charge is 0.457 e. The highest BCUT2D eigenvalue weighted by Gasteiger charge is 2.20. The van der Waals surface area contributed by atoms with E-state index in [2.05, 4.69) is 53.0 Å². The number of aromatic nitrogens is 2. The number of para-hydroxylation sites is 2. The standard InChI is InChI=1S/C30H32N4O2/c1-22(2)33-17-19-34(20-18-33)24-15-13-23(14-16-24)27-21-29(35)32(3)31-30(27)26-11-7-8-12-28(26)36-25-9-5-4-6-10-25/h4-16,21-22H,17-20H2,1-3H3. The Labute approximate surface area is 212 Å². The van der Waals surface area contributed by atoms with Gasteiger partial charge in [-0.25, -0.2) is 4.68 Å². The molecule has 0 spiro atoms. The molecule has 1 saturated heterocycles. The summed E-state index contributed by atoms with van der Waals surface area (Å²) >= 11 is 0. The molecular formula is C30H32N4O2. The van der Waals surface area contributed by atoms with Crippen LogP contribution in [0.4, 0.5) is 5.69 Å². The summed E-state index contributed by atoms with van der Waals surface area (Å²) in [7, 11) is 1.68. The molecule has 3 aromatic carbocycles. The van der Waals surface area contributed by atoms with E-state index in [1.54, 1.807) is 13.1 Å². The van der Waals surface area contributed by atoms with E-state index in [1.807, 2.05) is 54.6 Å². The van der Waals surface area contributed by atoms with E-state index in [0.29, 0.717) is 17.5 Å². The van der Waals surface area contributed by atoms with Crippen molar-refractivity contribution >= 4 is 5.69 Å². The number of rotatable bonds is 6. The van der Waals surface area contributed by atoms with Crippen LogP contribution in [0.2, 0.25) is 0 Å². The van der Waals surface area contributed by atoms with Crippen LogP contribution in [0, 0.1) is 0 Å². The van der Waals surface area contributed by atoms with Crippen LogP contribution in [0.25, 0.3) is 22.4 Å². The van der Waals surface area contributed by atoms with Gasteiger partial charge in [0.15, 0.2) is 0 Å². The summed E-state index contributed by atoms with van der Waals surface area (Å²) < 4.78 is 7.59. The van der Waals surface area contributed by atoms with E-state index < -0.39 is 0 Å². The first kappa shape index (κ1) is 23.8. The van der Waals surface area contributed by atoms with Crippen molar-refractivity contribution in [2.45, 2.75) is 19.9 Å². The van der Waals surface area contributed by atoms with E-state index in [-0.39, 0.29) is 5.56 Å². The number of ether oxygens (including phenoxy) is 1. The molecule has 6 heteroatoms. The first-order valence-corrected chi connectivity index (χ1v) is 12.5. The van der Waals surface area contributed by atoms with E-state index in [0.717, 1.165) is 48.6 Å². The molecule has 0 N–H and O–H groups in total. The van der Waals surface area contributed by atoms with Crippen LogP contribution in [-0.2, 0) is 7.05 Å². The van der Waals surface area contributed by atoms with E-state index >= 15 is 0 Å². The lowest BCUT2D eigenvalue weighted by Crippen LogP contribution is -2.48. The fourth-order valence-corrected chi connectivity index (χ4v) is 4.67. The number of hydrogen-bond acceptors (Lipinski definition) is 5. The maximum absolute atomic E-state index is 12.6. The minimum absolute atomic E-state index is 0.149. The summed E-state index contributed by atoms with van der Waals surface area (Å²) in [5, 5.41) is 4.67. The topological polar surface area (TPSA) is 50.6 Å². The van der Waals surface area contributed by atoms with Crippen LogP contribution < -0.4 is 15.2 Å². The predicted octanol–water partition coefficient (Wildman–Crippen LogP) is 5.44. The van der Waals surface area contributed by atoms with Gasteiger partial charge in [-0.05, 0) is 55.8 Å². The second kappa shape index (κ2) is 10.4. The van der Waals surface area contributed by atoms with E-state index in [4.69, 9.17) is 4.74 Å². The number of nitrogens with zero attached hydrogens (tertiary/aromatic N) is 4. The highest BCUT2D eigenvalue weighted by atomic mass is 16.5. The van der Waals surface area contributed by atoms with Crippen LogP contribution in [0.3, 0.4) is 0 Å². The molecule has 1 aromatic heterocycles. The SMILES string of the molecule is CC(C)N1CCN(c2ccc(-c3cc(=O)n(C)nc3-c3ccccc3Oc3ccccc3)cc2)CC1. The average Bonchev–Trinajstić information content (AvgIpc) is 2.91. The molecule has 1 aliphatic heterocycles. The van der Waals surface area contributed by atoms with Gasteiger partial charge < -0.3 is 9.64 Å². The molecule has 0 atom stereocenters. The summed E-state index contributed by atoms with van der Waals surface area (Å²) in [6.07, 6.45) is 0. The van der Waals surface area contributed by atoms with Gasteiger partial charge in [-0.3, -0.25) is 9.69 Å². The Morgan fingerprint density at radius 2 is 1.47 bits per heavy atom. The first-order chi connectivity index (χ1) is 17.5. The zero-order valence-electron chi connectivity index (χ0n) is 21.1. The summed E-state index contributed by atoms with van der Waals surface area (Å²) in [6, 6.07) is 28.2. The normalized spacial score (nSPS) is 14.3. The molecule has 184 valence electrons. The molecular weight excluding hydrogens is 448 g/mol. The molecule has 6 nitrogen and oxygen atoms in total. The third kappa shape index (κ3) is 5.04. The van der Waals surface area contributed by atoms with Gasteiger partial charge in [-0.2, -0.15) is 5.10 Å². The summed E-state index contributed by atoms with van der Waals surface area (Å²) in [6.45, 7) is 8.67. The predicted molar refractivity (Wildman–Crippen MR) is 146 cm³/mol. The first-order valence-electron chi connectivity index (χ1n) is 12.5. The van der Waals surface area contributed by atoms with E-state index in [1.165, 1.54) is 10.4 Å². The summed E-state index contributed by atoms with van der Waals surface area (Å²) in [5.74, 6) is 1.44. The van der Waals surface area contributed by atoms with Crippen molar-refractivity contribution in [3.8, 4) is 33.9 Å². The van der Waals surface area contributed by atoms with E-state index in [9.17, 15) is 4.79 Å². The number of aryl methyl sites for hydroxylation is 1. The molecule has 2 heterocycles. The smallest absolute Gasteiger partial charge is 0.267 e. The fourth-order valence-electron chi connectivity index (χ4n) is 4.67. The molecule has 1 fully saturated rings. The Morgan fingerprint density at radius 3 is 2.17 bits per heavy atom. The Bertz CT molecular complexity index is 1370. The number of benzene rings is 3. The molecule has 0 unspecified atom stereocenters. The van der Waals surface area contributed by atoms with Crippen molar-refractivity contribution < 1.29 is 4.74 Å². The quantitative estimate of drug-likeness (QED) is 0.368. The van der Waals surface area contributed by atoms with Crippen LogP contribution in [0.15, 0.2) is 89.7 Å². The van der Waals surface area contributed by atoms with Crippen LogP contribution in [0.5, 0.6) is 11.5 Å². The van der Waals surface area contributed by atoms with Gasteiger partial charge in [-0.15, -0.1) is 0 Å². The average molecular weight is 481 g/mol. The lowest BCUT2D eigenvalue weighted by atomic mass is 9.99. The molecule has 0 saturated carbocycles. The van der Waals surface area contributed by atoms with Crippen molar-refractivity contribution in [1.82, 2.24) is 14.7 Å². The Morgan fingerprint density at radius 1 is 0.806 bits per heavy atom. The highest BCUT2D eigenvalue weighted by molar-refractivity contribution is 5.83. The van der Waals surface area contributed by atoms with Crippen molar-refractivity contribution in [2.24, 2.45) is 7.05 Å².